The van der Waals surface area contributed by atoms with Crippen molar-refractivity contribution in [3.05, 3.63) is 24.3 Å². The average molecular weight is 248 g/mol. The minimum Gasteiger partial charge on any atom is -0.0885 e. The molecule has 0 bridgehead atoms. The summed E-state index contributed by atoms with van der Waals surface area (Å²) in [5.41, 5.74) is 0. The van der Waals surface area contributed by atoms with Crippen LogP contribution in [0.15, 0.2) is 24.3 Å². The van der Waals surface area contributed by atoms with Crippen molar-refractivity contribution in [3.63, 3.8) is 0 Å². The SMILES string of the molecule is C1=C\CCCCCCCC/C=C\CCCCCC/1. The van der Waals surface area contributed by atoms with Gasteiger partial charge in [-0.05, 0) is 51.4 Å². The van der Waals surface area contributed by atoms with Gasteiger partial charge in [0.2, 0.25) is 0 Å². The molecule has 0 amide bonds. The van der Waals surface area contributed by atoms with Crippen LogP contribution in [0, 0.1) is 0 Å². The number of hydrogen-bond donors (Lipinski definition) is 0. The molecule has 1 aliphatic carbocycles. The summed E-state index contributed by atoms with van der Waals surface area (Å²) >= 11 is 0. The molecule has 0 saturated heterocycles. The summed E-state index contributed by atoms with van der Waals surface area (Å²) in [7, 11) is 0. The fraction of sp³-hybridized carbons (Fsp3) is 0.778. The standard InChI is InChI=1S/C18H32/c1-2-4-6-8-10-12-14-16-18-17-15-13-11-9-7-5-3-1/h1-2,15,17H,3-14,16,18H2/b2-1-,17-15-. The Morgan fingerprint density at radius 2 is 0.500 bits per heavy atom. The van der Waals surface area contributed by atoms with E-state index in [-0.39, 0.29) is 0 Å². The van der Waals surface area contributed by atoms with E-state index in [4.69, 9.17) is 0 Å². The van der Waals surface area contributed by atoms with Gasteiger partial charge in [0.05, 0.1) is 0 Å². The lowest BCUT2D eigenvalue weighted by atomic mass is 10.1. The molecular weight excluding hydrogens is 216 g/mol. The van der Waals surface area contributed by atoms with Gasteiger partial charge in [-0.15, -0.1) is 0 Å². The van der Waals surface area contributed by atoms with Crippen LogP contribution in [-0.4, -0.2) is 0 Å². The molecule has 0 heterocycles. The Morgan fingerprint density at radius 1 is 0.278 bits per heavy atom. The molecular formula is C18H32. The second kappa shape index (κ2) is 12.9. The molecule has 0 nitrogen and oxygen atoms in total. The summed E-state index contributed by atoms with van der Waals surface area (Å²) in [5, 5.41) is 0. The van der Waals surface area contributed by atoms with E-state index >= 15 is 0 Å². The van der Waals surface area contributed by atoms with Gasteiger partial charge in [0, 0.05) is 0 Å². The van der Waals surface area contributed by atoms with Gasteiger partial charge in [0.15, 0.2) is 0 Å². The van der Waals surface area contributed by atoms with Gasteiger partial charge < -0.3 is 0 Å². The third-order valence-corrected chi connectivity index (χ3v) is 3.82. The van der Waals surface area contributed by atoms with Crippen molar-refractivity contribution >= 4 is 0 Å². The van der Waals surface area contributed by atoms with E-state index in [1.54, 1.807) is 0 Å². The highest BCUT2D eigenvalue weighted by molar-refractivity contribution is 4.82. The van der Waals surface area contributed by atoms with E-state index in [1.165, 1.54) is 89.9 Å². The number of allylic oxidation sites excluding steroid dienone is 4. The molecule has 1 aliphatic rings. The lowest BCUT2D eigenvalue weighted by molar-refractivity contribution is 0.598. The van der Waals surface area contributed by atoms with E-state index < -0.39 is 0 Å². The predicted molar refractivity (Wildman–Crippen MR) is 82.9 cm³/mol. The van der Waals surface area contributed by atoms with Crippen molar-refractivity contribution in [2.45, 2.75) is 89.9 Å². The van der Waals surface area contributed by atoms with Crippen molar-refractivity contribution in [2.75, 3.05) is 0 Å². The highest BCUT2D eigenvalue weighted by Gasteiger charge is 1.91. The van der Waals surface area contributed by atoms with Crippen LogP contribution in [0.5, 0.6) is 0 Å². The molecule has 0 aromatic carbocycles. The summed E-state index contributed by atoms with van der Waals surface area (Å²) in [6.07, 6.45) is 29.0. The highest BCUT2D eigenvalue weighted by Crippen LogP contribution is 2.11. The van der Waals surface area contributed by atoms with E-state index in [0.717, 1.165) is 0 Å². The summed E-state index contributed by atoms with van der Waals surface area (Å²) in [6, 6.07) is 0. The second-order valence-electron chi connectivity index (χ2n) is 5.63. The molecule has 0 N–H and O–H groups in total. The average Bonchev–Trinajstić information content (AvgIpc) is 2.39. The molecule has 0 aromatic heterocycles. The molecule has 0 aliphatic heterocycles. The largest absolute Gasteiger partial charge is 0.0885 e. The third kappa shape index (κ3) is 10.6. The van der Waals surface area contributed by atoms with Crippen LogP contribution < -0.4 is 0 Å². The molecule has 0 spiro atoms. The Bertz CT molecular complexity index is 188. The maximum Gasteiger partial charge on any atom is -0.0351 e. The van der Waals surface area contributed by atoms with Crippen LogP contribution in [-0.2, 0) is 0 Å². The molecule has 18 heavy (non-hydrogen) atoms. The van der Waals surface area contributed by atoms with Crippen molar-refractivity contribution < 1.29 is 0 Å². The molecule has 104 valence electrons. The summed E-state index contributed by atoms with van der Waals surface area (Å²) in [5.74, 6) is 0. The fourth-order valence-corrected chi connectivity index (χ4v) is 2.58. The number of rotatable bonds is 0. The van der Waals surface area contributed by atoms with Crippen molar-refractivity contribution in [1.82, 2.24) is 0 Å². The molecule has 0 unspecified atom stereocenters. The van der Waals surface area contributed by atoms with E-state index in [9.17, 15) is 0 Å². The minimum atomic E-state index is 1.30. The van der Waals surface area contributed by atoms with Gasteiger partial charge in [-0.3, -0.25) is 0 Å². The summed E-state index contributed by atoms with van der Waals surface area (Å²) in [4.78, 5) is 0. The van der Waals surface area contributed by atoms with Gasteiger partial charge in [-0.25, -0.2) is 0 Å². The molecule has 0 fully saturated rings. The van der Waals surface area contributed by atoms with Gasteiger partial charge in [-0.2, -0.15) is 0 Å². The van der Waals surface area contributed by atoms with Gasteiger partial charge >= 0.3 is 0 Å². The minimum absolute atomic E-state index is 1.30. The van der Waals surface area contributed by atoms with Crippen LogP contribution in [0.1, 0.15) is 89.9 Å². The zero-order valence-corrected chi connectivity index (χ0v) is 12.2. The van der Waals surface area contributed by atoms with Crippen LogP contribution in [0.4, 0.5) is 0 Å². The lowest BCUT2D eigenvalue weighted by Gasteiger charge is -2.00. The van der Waals surface area contributed by atoms with Crippen LogP contribution in [0.25, 0.3) is 0 Å². The quantitative estimate of drug-likeness (QED) is 0.425. The van der Waals surface area contributed by atoms with Crippen molar-refractivity contribution in [3.8, 4) is 0 Å². The molecule has 0 atom stereocenters. The van der Waals surface area contributed by atoms with Gasteiger partial charge in [0.1, 0.15) is 0 Å². The lowest BCUT2D eigenvalue weighted by Crippen LogP contribution is -1.81. The smallest absolute Gasteiger partial charge is 0.0351 e. The summed E-state index contributed by atoms with van der Waals surface area (Å²) in [6.45, 7) is 0. The Kier molecular flexibility index (Phi) is 11.2. The number of hydrogen-bond acceptors (Lipinski definition) is 0. The molecule has 0 saturated carbocycles. The van der Waals surface area contributed by atoms with Crippen LogP contribution in [0.2, 0.25) is 0 Å². The summed E-state index contributed by atoms with van der Waals surface area (Å²) < 4.78 is 0. The zero-order chi connectivity index (χ0) is 12.7. The van der Waals surface area contributed by atoms with Crippen LogP contribution in [0.3, 0.4) is 0 Å². The van der Waals surface area contributed by atoms with E-state index in [1.807, 2.05) is 0 Å². The normalized spacial score (nSPS) is 25.8. The first-order valence-electron chi connectivity index (χ1n) is 8.30. The highest BCUT2D eigenvalue weighted by atomic mass is 14.0. The first-order chi connectivity index (χ1) is 9.00. The third-order valence-electron chi connectivity index (χ3n) is 3.82. The first kappa shape index (κ1) is 15.5. The first-order valence-corrected chi connectivity index (χ1v) is 8.30. The molecule has 0 aromatic rings. The Morgan fingerprint density at radius 3 is 0.778 bits per heavy atom. The van der Waals surface area contributed by atoms with Gasteiger partial charge in [0.25, 0.3) is 0 Å². The maximum atomic E-state index is 2.41. The van der Waals surface area contributed by atoms with Crippen LogP contribution >= 0.6 is 0 Å². The van der Waals surface area contributed by atoms with Gasteiger partial charge in [-0.1, -0.05) is 62.8 Å². The predicted octanol–water partition coefficient (Wildman–Crippen LogP) is 6.57. The second-order valence-corrected chi connectivity index (χ2v) is 5.63. The molecule has 0 radical (unpaired) electrons. The monoisotopic (exact) mass is 248 g/mol. The van der Waals surface area contributed by atoms with E-state index in [2.05, 4.69) is 24.3 Å². The molecule has 1 rings (SSSR count). The Balaban J connectivity index is 2.12. The Labute approximate surface area is 115 Å². The van der Waals surface area contributed by atoms with E-state index in [0.29, 0.717) is 0 Å². The van der Waals surface area contributed by atoms with Crippen molar-refractivity contribution in [1.29, 1.82) is 0 Å². The fourth-order valence-electron chi connectivity index (χ4n) is 2.58. The van der Waals surface area contributed by atoms with Crippen molar-refractivity contribution in [2.24, 2.45) is 0 Å². The molecule has 0 heteroatoms. The topological polar surface area (TPSA) is 0 Å². The zero-order valence-electron chi connectivity index (χ0n) is 12.2. The maximum absolute atomic E-state index is 2.41. The Hall–Kier alpha value is -0.520.